The summed E-state index contributed by atoms with van der Waals surface area (Å²) in [5.74, 6) is 0.451. The predicted octanol–water partition coefficient (Wildman–Crippen LogP) is 5.67. The van der Waals surface area contributed by atoms with Gasteiger partial charge in [-0.05, 0) is 55.7 Å². The number of fused-ring (bicyclic) bond motifs is 3. The van der Waals surface area contributed by atoms with Crippen LogP contribution in [-0.4, -0.2) is 32.9 Å². The number of amides is 1. The molecule has 0 saturated carbocycles. The highest BCUT2D eigenvalue weighted by molar-refractivity contribution is 8.00. The number of hydrogen-bond acceptors (Lipinski definition) is 5. The molecule has 0 radical (unpaired) electrons. The van der Waals surface area contributed by atoms with Crippen LogP contribution in [0.3, 0.4) is 0 Å². The Kier molecular flexibility index (Phi) is 6.07. The van der Waals surface area contributed by atoms with E-state index in [0.717, 1.165) is 27.7 Å². The molecule has 8 heteroatoms. The fourth-order valence-electron chi connectivity index (χ4n) is 3.62. The first-order valence-electron chi connectivity index (χ1n) is 9.98. The number of carbonyl (C=O) groups is 1. The first kappa shape index (κ1) is 21.5. The zero-order valence-electron chi connectivity index (χ0n) is 17.8. The van der Waals surface area contributed by atoms with Gasteiger partial charge >= 0.3 is 0 Å². The number of aryl methyl sites for hydroxylation is 2. The van der Waals surface area contributed by atoms with Crippen LogP contribution in [0.1, 0.15) is 24.5 Å². The number of nitrogens with zero attached hydrogens (tertiary/aromatic N) is 3. The minimum Gasteiger partial charge on any atom is -0.495 e. The molecule has 1 unspecified atom stereocenters. The lowest BCUT2D eigenvalue weighted by atomic mass is 10.1. The van der Waals surface area contributed by atoms with Crippen molar-refractivity contribution in [3.63, 3.8) is 0 Å². The molecule has 6 nitrogen and oxygen atoms in total. The molecule has 1 N–H and O–H groups in total. The smallest absolute Gasteiger partial charge is 0.237 e. The fourth-order valence-corrected chi connectivity index (χ4v) is 4.85. The molecule has 4 aromatic rings. The average Bonchev–Trinajstić information content (AvgIpc) is 3.14. The fraction of sp³-hybridized carbons (Fsp3) is 0.261. The Labute approximate surface area is 190 Å². The first-order valence-corrected chi connectivity index (χ1v) is 11.2. The van der Waals surface area contributed by atoms with E-state index in [1.165, 1.54) is 11.8 Å². The number of ether oxygens (including phenoxy) is 1. The van der Waals surface area contributed by atoms with E-state index in [0.29, 0.717) is 28.0 Å². The van der Waals surface area contributed by atoms with Crippen LogP contribution >= 0.6 is 23.4 Å². The van der Waals surface area contributed by atoms with E-state index in [-0.39, 0.29) is 11.2 Å². The van der Waals surface area contributed by atoms with Gasteiger partial charge in [0.05, 0.1) is 22.9 Å². The van der Waals surface area contributed by atoms with Gasteiger partial charge in [-0.15, -0.1) is 10.2 Å². The highest BCUT2D eigenvalue weighted by atomic mass is 35.5. The van der Waals surface area contributed by atoms with Crippen LogP contribution in [0, 0.1) is 13.8 Å². The van der Waals surface area contributed by atoms with Crippen LogP contribution in [0.2, 0.25) is 5.02 Å². The normalized spacial score (nSPS) is 12.3. The molecule has 0 aliphatic heterocycles. The molecule has 2 aromatic heterocycles. The zero-order chi connectivity index (χ0) is 22.1. The van der Waals surface area contributed by atoms with E-state index in [2.05, 4.69) is 47.6 Å². The number of nitrogens with one attached hydrogen (secondary N) is 1. The molecule has 0 aliphatic carbocycles. The van der Waals surface area contributed by atoms with E-state index < -0.39 is 0 Å². The SMILES string of the molecule is CCC(Sc1nnc2cc(C)c3cccc(C)c3n12)C(=O)Nc1ccc(OC)c(Cl)c1. The highest BCUT2D eigenvalue weighted by Gasteiger charge is 2.22. The maximum atomic E-state index is 13.0. The summed E-state index contributed by atoms with van der Waals surface area (Å²) in [4.78, 5) is 13.0. The third-order valence-corrected chi connectivity index (χ3v) is 6.82. The number of hydrogen-bond donors (Lipinski definition) is 1. The second-order valence-corrected chi connectivity index (χ2v) is 8.91. The van der Waals surface area contributed by atoms with Crippen LogP contribution in [0.25, 0.3) is 16.6 Å². The van der Waals surface area contributed by atoms with Crippen molar-refractivity contribution in [1.82, 2.24) is 14.6 Å². The topological polar surface area (TPSA) is 68.5 Å². The van der Waals surface area contributed by atoms with Gasteiger partial charge in [-0.2, -0.15) is 0 Å². The highest BCUT2D eigenvalue weighted by Crippen LogP contribution is 2.32. The molecule has 0 spiro atoms. The Morgan fingerprint density at radius 2 is 2.00 bits per heavy atom. The van der Waals surface area contributed by atoms with Gasteiger partial charge in [-0.25, -0.2) is 0 Å². The lowest BCUT2D eigenvalue weighted by Crippen LogP contribution is -2.24. The number of pyridine rings is 1. The minimum absolute atomic E-state index is 0.112. The molecule has 2 heterocycles. The number of rotatable bonds is 6. The van der Waals surface area contributed by atoms with Crippen molar-refractivity contribution in [3.8, 4) is 5.75 Å². The number of benzene rings is 2. The van der Waals surface area contributed by atoms with Crippen molar-refractivity contribution >= 4 is 51.5 Å². The van der Waals surface area contributed by atoms with Gasteiger partial charge in [-0.1, -0.05) is 48.5 Å². The van der Waals surface area contributed by atoms with Gasteiger partial charge in [0.2, 0.25) is 5.91 Å². The molecule has 0 bridgehead atoms. The Hall–Kier alpha value is -2.77. The molecule has 31 heavy (non-hydrogen) atoms. The van der Waals surface area contributed by atoms with E-state index in [1.54, 1.807) is 25.3 Å². The van der Waals surface area contributed by atoms with Crippen LogP contribution in [0.4, 0.5) is 5.69 Å². The zero-order valence-corrected chi connectivity index (χ0v) is 19.3. The number of aromatic nitrogens is 3. The summed E-state index contributed by atoms with van der Waals surface area (Å²) in [5.41, 5.74) is 4.76. The summed E-state index contributed by atoms with van der Waals surface area (Å²) in [5, 5.41) is 13.7. The standard InChI is InChI=1S/C23H23ClN4O2S/c1-5-19(22(29)25-15-9-10-18(30-4)17(24)12-15)31-23-27-26-20-11-14(3)16-8-6-7-13(2)21(16)28(20)23/h6-12,19H,5H2,1-4H3,(H,25,29). The Morgan fingerprint density at radius 1 is 1.19 bits per heavy atom. The molecule has 0 saturated heterocycles. The molecule has 160 valence electrons. The van der Waals surface area contributed by atoms with Crippen molar-refractivity contribution in [2.75, 3.05) is 12.4 Å². The number of para-hydroxylation sites is 1. The molecule has 0 aliphatic rings. The number of thioether (sulfide) groups is 1. The van der Waals surface area contributed by atoms with E-state index >= 15 is 0 Å². The summed E-state index contributed by atoms with van der Waals surface area (Å²) < 4.78 is 7.22. The monoisotopic (exact) mass is 454 g/mol. The molecular weight excluding hydrogens is 432 g/mol. The van der Waals surface area contributed by atoms with Gasteiger partial charge < -0.3 is 10.1 Å². The van der Waals surface area contributed by atoms with Crippen LogP contribution < -0.4 is 10.1 Å². The summed E-state index contributed by atoms with van der Waals surface area (Å²) in [7, 11) is 1.55. The maximum absolute atomic E-state index is 13.0. The lowest BCUT2D eigenvalue weighted by Gasteiger charge is -2.15. The van der Waals surface area contributed by atoms with Crippen molar-refractivity contribution in [1.29, 1.82) is 0 Å². The van der Waals surface area contributed by atoms with E-state index in [9.17, 15) is 4.79 Å². The Bertz CT molecular complexity index is 1290. The van der Waals surface area contributed by atoms with Crippen molar-refractivity contribution in [2.24, 2.45) is 0 Å². The number of halogens is 1. The van der Waals surface area contributed by atoms with Crippen LogP contribution in [-0.2, 0) is 4.79 Å². The number of methoxy groups -OCH3 is 1. The average molecular weight is 455 g/mol. The predicted molar refractivity (Wildman–Crippen MR) is 127 cm³/mol. The van der Waals surface area contributed by atoms with E-state index in [1.807, 2.05) is 17.4 Å². The van der Waals surface area contributed by atoms with Gasteiger partial charge in [0.1, 0.15) is 5.75 Å². The van der Waals surface area contributed by atoms with Gasteiger partial charge in [-0.3, -0.25) is 9.20 Å². The molecular formula is C23H23ClN4O2S. The van der Waals surface area contributed by atoms with Crippen molar-refractivity contribution < 1.29 is 9.53 Å². The third kappa shape index (κ3) is 4.07. The molecule has 2 aromatic carbocycles. The Balaban J connectivity index is 1.66. The maximum Gasteiger partial charge on any atom is 0.237 e. The number of carbonyl (C=O) groups excluding carboxylic acids is 1. The number of anilines is 1. The first-order chi connectivity index (χ1) is 14.9. The van der Waals surface area contributed by atoms with Crippen LogP contribution in [0.15, 0.2) is 47.6 Å². The quantitative estimate of drug-likeness (QED) is 0.380. The van der Waals surface area contributed by atoms with E-state index in [4.69, 9.17) is 16.3 Å². The summed E-state index contributed by atoms with van der Waals surface area (Å²) in [6, 6.07) is 13.4. The van der Waals surface area contributed by atoms with Gasteiger partial charge in [0, 0.05) is 11.1 Å². The molecule has 0 fully saturated rings. The summed E-state index contributed by atoms with van der Waals surface area (Å²) in [6.45, 7) is 6.13. The third-order valence-electron chi connectivity index (χ3n) is 5.22. The van der Waals surface area contributed by atoms with Crippen molar-refractivity contribution in [2.45, 2.75) is 37.6 Å². The molecule has 4 rings (SSSR count). The van der Waals surface area contributed by atoms with Crippen molar-refractivity contribution in [3.05, 3.63) is 58.6 Å². The molecule has 1 amide bonds. The van der Waals surface area contributed by atoms with Gasteiger partial charge in [0.15, 0.2) is 10.8 Å². The largest absolute Gasteiger partial charge is 0.495 e. The minimum atomic E-state index is -0.339. The Morgan fingerprint density at radius 3 is 2.71 bits per heavy atom. The second-order valence-electron chi connectivity index (χ2n) is 7.33. The summed E-state index contributed by atoms with van der Waals surface area (Å²) in [6.07, 6.45) is 0.637. The second kappa shape index (κ2) is 8.77. The lowest BCUT2D eigenvalue weighted by molar-refractivity contribution is -0.115. The van der Waals surface area contributed by atoms with Crippen LogP contribution in [0.5, 0.6) is 5.75 Å². The van der Waals surface area contributed by atoms with Gasteiger partial charge in [0.25, 0.3) is 0 Å². The molecule has 1 atom stereocenters. The summed E-state index contributed by atoms with van der Waals surface area (Å²) >= 11 is 7.60.